The molecule has 1 saturated carbocycles. The first-order valence-corrected chi connectivity index (χ1v) is 5.63. The third kappa shape index (κ3) is 2.22. The van der Waals surface area contributed by atoms with E-state index in [1.807, 2.05) is 0 Å². The van der Waals surface area contributed by atoms with Gasteiger partial charge in [0.15, 0.2) is 0 Å². The van der Waals surface area contributed by atoms with Crippen LogP contribution in [0.25, 0.3) is 11.5 Å². The molecule has 2 aromatic rings. The smallest absolute Gasteiger partial charge is 0.309 e. The lowest BCUT2D eigenvalue weighted by molar-refractivity contribution is 0.0917. The first-order valence-electron chi connectivity index (χ1n) is 5.63. The molecule has 1 amide bonds. The highest BCUT2D eigenvalue weighted by Crippen LogP contribution is 2.21. The van der Waals surface area contributed by atoms with Gasteiger partial charge in [-0.3, -0.25) is 4.79 Å². The summed E-state index contributed by atoms with van der Waals surface area (Å²) < 4.78 is 18.0. The van der Waals surface area contributed by atoms with Crippen LogP contribution in [0.1, 0.15) is 23.5 Å². The number of aromatic nitrogens is 2. The van der Waals surface area contributed by atoms with Crippen LogP contribution < -0.4 is 5.32 Å². The Morgan fingerprint density at radius 1 is 1.28 bits per heavy atom. The lowest BCUT2D eigenvalue weighted by atomic mass is 10.2. The van der Waals surface area contributed by atoms with Gasteiger partial charge in [-0.05, 0) is 37.1 Å². The molecule has 3 rings (SSSR count). The number of carbonyl (C=O) groups excluding carboxylic acids is 1. The van der Waals surface area contributed by atoms with Gasteiger partial charge in [-0.25, -0.2) is 4.39 Å². The van der Waals surface area contributed by atoms with E-state index in [9.17, 15) is 9.18 Å². The molecule has 1 aromatic heterocycles. The summed E-state index contributed by atoms with van der Waals surface area (Å²) in [7, 11) is 0. The van der Waals surface area contributed by atoms with E-state index in [2.05, 4.69) is 15.5 Å². The number of halogens is 1. The maximum Gasteiger partial charge on any atom is 0.309 e. The van der Waals surface area contributed by atoms with Crippen molar-refractivity contribution in [1.82, 2.24) is 15.5 Å². The minimum atomic E-state index is -0.363. The van der Waals surface area contributed by atoms with E-state index in [1.54, 1.807) is 0 Å². The lowest BCUT2D eigenvalue weighted by Gasteiger charge is -1.96. The molecule has 1 heterocycles. The number of nitrogens with zero attached hydrogens (tertiary/aromatic N) is 2. The third-order valence-corrected chi connectivity index (χ3v) is 2.62. The Labute approximate surface area is 102 Å². The van der Waals surface area contributed by atoms with E-state index in [4.69, 9.17) is 4.42 Å². The molecule has 1 fully saturated rings. The normalized spacial score (nSPS) is 14.5. The predicted octanol–water partition coefficient (Wildman–Crippen LogP) is 1.77. The van der Waals surface area contributed by atoms with Crippen LogP contribution in [0.5, 0.6) is 0 Å². The molecule has 1 aliphatic rings. The van der Waals surface area contributed by atoms with Gasteiger partial charge in [0.25, 0.3) is 0 Å². The second-order valence-corrected chi connectivity index (χ2v) is 4.17. The molecule has 0 aliphatic heterocycles. The van der Waals surface area contributed by atoms with Gasteiger partial charge in [0.1, 0.15) is 5.82 Å². The summed E-state index contributed by atoms with van der Waals surface area (Å²) in [5.41, 5.74) is 0.578. The molecule has 92 valence electrons. The zero-order valence-corrected chi connectivity index (χ0v) is 9.39. The van der Waals surface area contributed by atoms with Crippen LogP contribution in [0, 0.1) is 5.82 Å². The van der Waals surface area contributed by atoms with Crippen molar-refractivity contribution in [1.29, 1.82) is 0 Å². The molecule has 0 spiro atoms. The van der Waals surface area contributed by atoms with Crippen molar-refractivity contribution < 1.29 is 13.6 Å². The molecular formula is C12H10FN3O2. The molecule has 0 saturated heterocycles. The molecule has 18 heavy (non-hydrogen) atoms. The summed E-state index contributed by atoms with van der Waals surface area (Å²) in [5.74, 6) is -0.569. The van der Waals surface area contributed by atoms with Gasteiger partial charge in [-0.15, -0.1) is 10.2 Å². The minimum absolute atomic E-state index is 0.0683. The van der Waals surface area contributed by atoms with Gasteiger partial charge in [0, 0.05) is 11.6 Å². The van der Waals surface area contributed by atoms with Crippen molar-refractivity contribution in [2.24, 2.45) is 0 Å². The van der Waals surface area contributed by atoms with Gasteiger partial charge in [0.05, 0.1) is 0 Å². The Morgan fingerprint density at radius 2 is 2.00 bits per heavy atom. The number of hydrogen-bond acceptors (Lipinski definition) is 4. The highest BCUT2D eigenvalue weighted by atomic mass is 19.1. The van der Waals surface area contributed by atoms with Crippen molar-refractivity contribution in [3.63, 3.8) is 0 Å². The monoisotopic (exact) mass is 247 g/mol. The van der Waals surface area contributed by atoms with Gasteiger partial charge in [-0.1, -0.05) is 0 Å². The summed E-state index contributed by atoms with van der Waals surface area (Å²) in [6.07, 6.45) is 1.98. The van der Waals surface area contributed by atoms with Crippen LogP contribution in [0.3, 0.4) is 0 Å². The van der Waals surface area contributed by atoms with E-state index in [-0.39, 0.29) is 29.5 Å². The summed E-state index contributed by atoms with van der Waals surface area (Å²) >= 11 is 0. The number of rotatable bonds is 3. The van der Waals surface area contributed by atoms with Crippen molar-refractivity contribution in [3.05, 3.63) is 36.0 Å². The first-order chi connectivity index (χ1) is 8.72. The van der Waals surface area contributed by atoms with Gasteiger partial charge in [-0.2, -0.15) is 0 Å². The largest absolute Gasteiger partial charge is 0.412 e. The van der Waals surface area contributed by atoms with Crippen LogP contribution in [0.2, 0.25) is 0 Å². The molecular weight excluding hydrogens is 237 g/mol. The lowest BCUT2D eigenvalue weighted by Crippen LogP contribution is -2.25. The molecule has 0 unspecified atom stereocenters. The average Bonchev–Trinajstić information content (AvgIpc) is 3.04. The molecule has 1 N–H and O–H groups in total. The topological polar surface area (TPSA) is 68.0 Å². The van der Waals surface area contributed by atoms with E-state index < -0.39 is 0 Å². The molecule has 0 bridgehead atoms. The zero-order valence-electron chi connectivity index (χ0n) is 9.39. The van der Waals surface area contributed by atoms with Gasteiger partial charge < -0.3 is 9.73 Å². The number of benzene rings is 1. The third-order valence-electron chi connectivity index (χ3n) is 2.62. The maximum atomic E-state index is 12.8. The number of carbonyl (C=O) groups is 1. The summed E-state index contributed by atoms with van der Waals surface area (Å²) in [4.78, 5) is 11.6. The van der Waals surface area contributed by atoms with Crippen molar-refractivity contribution in [2.45, 2.75) is 18.9 Å². The Hall–Kier alpha value is -2.24. The summed E-state index contributed by atoms with van der Waals surface area (Å²) in [6, 6.07) is 5.86. The Bertz CT molecular complexity index is 575. The minimum Gasteiger partial charge on any atom is -0.412 e. The van der Waals surface area contributed by atoms with E-state index in [0.717, 1.165) is 12.8 Å². The van der Waals surface area contributed by atoms with Gasteiger partial charge >= 0.3 is 11.8 Å². The molecule has 1 aromatic carbocycles. The van der Waals surface area contributed by atoms with E-state index in [0.29, 0.717) is 5.56 Å². The van der Waals surface area contributed by atoms with Crippen LogP contribution in [-0.2, 0) is 0 Å². The highest BCUT2D eigenvalue weighted by Gasteiger charge is 2.26. The first kappa shape index (κ1) is 10.9. The molecule has 0 radical (unpaired) electrons. The van der Waals surface area contributed by atoms with Crippen LogP contribution in [0.4, 0.5) is 4.39 Å². The van der Waals surface area contributed by atoms with Gasteiger partial charge in [0.2, 0.25) is 5.89 Å². The second-order valence-electron chi connectivity index (χ2n) is 4.17. The fourth-order valence-electron chi connectivity index (χ4n) is 1.50. The van der Waals surface area contributed by atoms with Crippen LogP contribution >= 0.6 is 0 Å². The fourth-order valence-corrected chi connectivity index (χ4v) is 1.50. The average molecular weight is 247 g/mol. The van der Waals surface area contributed by atoms with E-state index in [1.165, 1.54) is 24.3 Å². The SMILES string of the molecule is O=C(NC1CC1)c1nnc(-c2ccc(F)cc2)o1. The molecule has 0 atom stereocenters. The standard InChI is InChI=1S/C12H10FN3O2/c13-8-3-1-7(2-4-8)11-15-16-12(18-11)10(17)14-9-5-6-9/h1-4,9H,5-6H2,(H,14,17). The van der Waals surface area contributed by atoms with Crippen molar-refractivity contribution in [3.8, 4) is 11.5 Å². The quantitative estimate of drug-likeness (QED) is 0.897. The predicted molar refractivity (Wildman–Crippen MR) is 60.2 cm³/mol. The van der Waals surface area contributed by atoms with Crippen molar-refractivity contribution >= 4 is 5.91 Å². The second kappa shape index (κ2) is 4.21. The zero-order chi connectivity index (χ0) is 12.5. The molecule has 1 aliphatic carbocycles. The number of hydrogen-bond donors (Lipinski definition) is 1. The summed E-state index contributed by atoms with van der Waals surface area (Å²) in [6.45, 7) is 0. The summed E-state index contributed by atoms with van der Waals surface area (Å²) in [5, 5.41) is 10.2. The maximum absolute atomic E-state index is 12.8. The number of amides is 1. The fraction of sp³-hybridized carbons (Fsp3) is 0.250. The molecule has 6 heteroatoms. The molecule has 5 nitrogen and oxygen atoms in total. The highest BCUT2D eigenvalue weighted by molar-refractivity contribution is 5.90. The van der Waals surface area contributed by atoms with Crippen molar-refractivity contribution in [2.75, 3.05) is 0 Å². The number of nitrogens with one attached hydrogen (secondary N) is 1. The van der Waals surface area contributed by atoms with E-state index >= 15 is 0 Å². The Morgan fingerprint density at radius 3 is 2.67 bits per heavy atom. The Kier molecular flexibility index (Phi) is 2.55. The van der Waals surface area contributed by atoms with Crippen LogP contribution in [0.15, 0.2) is 28.7 Å². The van der Waals surface area contributed by atoms with Crippen LogP contribution in [-0.4, -0.2) is 22.1 Å². The Balaban J connectivity index is 1.79.